The summed E-state index contributed by atoms with van der Waals surface area (Å²) < 4.78 is 4.85. The number of rotatable bonds is 7. The molecule has 2 amide bonds. The predicted molar refractivity (Wildman–Crippen MR) is 131 cm³/mol. The highest BCUT2D eigenvalue weighted by atomic mass is 35.5. The van der Waals surface area contributed by atoms with E-state index in [9.17, 15) is 9.59 Å². The van der Waals surface area contributed by atoms with Crippen molar-refractivity contribution in [3.05, 3.63) is 71.4 Å². The second-order valence-electron chi connectivity index (χ2n) is 8.04. The number of hydrogen-bond acceptors (Lipinski definition) is 6. The van der Waals surface area contributed by atoms with Gasteiger partial charge in [0.25, 0.3) is 5.91 Å². The number of piperidine rings is 1. The van der Waals surface area contributed by atoms with Gasteiger partial charge in [0, 0.05) is 54.3 Å². The number of likely N-dealkylation sites (tertiary alicyclic amines) is 1. The molecule has 1 saturated heterocycles. The number of carbonyl (C=O) groups excluding carboxylic acids is 2. The second kappa shape index (κ2) is 11.1. The number of carbonyl (C=O) groups is 2. The molecule has 1 aromatic heterocycles. The van der Waals surface area contributed by atoms with Crippen molar-refractivity contribution in [1.29, 1.82) is 0 Å². The van der Waals surface area contributed by atoms with Gasteiger partial charge in [-0.15, -0.1) is 0 Å². The number of nitrogens with one attached hydrogen (secondary N) is 2. The molecule has 2 heterocycles. The maximum absolute atomic E-state index is 12.9. The van der Waals surface area contributed by atoms with E-state index < -0.39 is 0 Å². The van der Waals surface area contributed by atoms with Gasteiger partial charge in [0.15, 0.2) is 0 Å². The van der Waals surface area contributed by atoms with Gasteiger partial charge in [-0.2, -0.15) is 0 Å². The van der Waals surface area contributed by atoms with E-state index in [0.717, 1.165) is 29.8 Å². The van der Waals surface area contributed by atoms with Crippen LogP contribution in [0.4, 0.5) is 11.6 Å². The average molecular weight is 480 g/mol. The SMILES string of the molecule is COCC(=O)NC1CCN(C(=O)c2ccc(Nc3nccc(-c4ccc(Cl)cc4)n3)cc2)CC1. The smallest absolute Gasteiger partial charge is 0.253 e. The Morgan fingerprint density at radius 1 is 1.06 bits per heavy atom. The van der Waals surface area contributed by atoms with Crippen molar-refractivity contribution in [2.24, 2.45) is 0 Å². The largest absolute Gasteiger partial charge is 0.375 e. The van der Waals surface area contributed by atoms with Crippen LogP contribution in [0.5, 0.6) is 0 Å². The van der Waals surface area contributed by atoms with Gasteiger partial charge in [0.2, 0.25) is 11.9 Å². The van der Waals surface area contributed by atoms with Gasteiger partial charge in [-0.05, 0) is 55.3 Å². The van der Waals surface area contributed by atoms with Crippen LogP contribution >= 0.6 is 11.6 Å². The lowest BCUT2D eigenvalue weighted by Gasteiger charge is -2.32. The van der Waals surface area contributed by atoms with E-state index in [1.54, 1.807) is 18.3 Å². The van der Waals surface area contributed by atoms with E-state index in [1.165, 1.54) is 7.11 Å². The van der Waals surface area contributed by atoms with Crippen molar-refractivity contribution >= 4 is 35.1 Å². The van der Waals surface area contributed by atoms with Crippen molar-refractivity contribution in [1.82, 2.24) is 20.2 Å². The Kier molecular flexibility index (Phi) is 7.72. The molecule has 0 aliphatic carbocycles. The van der Waals surface area contributed by atoms with E-state index >= 15 is 0 Å². The van der Waals surface area contributed by atoms with Gasteiger partial charge in [-0.25, -0.2) is 9.97 Å². The summed E-state index contributed by atoms with van der Waals surface area (Å²) in [5.41, 5.74) is 3.12. The molecule has 1 aliphatic rings. The van der Waals surface area contributed by atoms with Gasteiger partial charge in [0.1, 0.15) is 6.61 Å². The number of benzene rings is 2. The summed E-state index contributed by atoms with van der Waals surface area (Å²) in [6.45, 7) is 1.25. The molecule has 0 bridgehead atoms. The lowest BCUT2D eigenvalue weighted by Crippen LogP contribution is -2.47. The lowest BCUT2D eigenvalue weighted by molar-refractivity contribution is -0.125. The summed E-state index contributed by atoms with van der Waals surface area (Å²) in [5.74, 6) is 0.316. The molecule has 34 heavy (non-hydrogen) atoms. The van der Waals surface area contributed by atoms with Crippen molar-refractivity contribution in [3.63, 3.8) is 0 Å². The number of hydrogen-bond donors (Lipinski definition) is 2. The zero-order valence-electron chi connectivity index (χ0n) is 18.8. The lowest BCUT2D eigenvalue weighted by atomic mass is 10.0. The summed E-state index contributed by atoms with van der Waals surface area (Å²) in [6.07, 6.45) is 3.14. The quantitative estimate of drug-likeness (QED) is 0.533. The van der Waals surface area contributed by atoms with Gasteiger partial charge in [0.05, 0.1) is 5.69 Å². The highest BCUT2D eigenvalue weighted by Gasteiger charge is 2.24. The molecule has 1 fully saturated rings. The molecule has 0 unspecified atom stereocenters. The van der Waals surface area contributed by atoms with E-state index in [1.807, 2.05) is 47.4 Å². The Labute approximate surface area is 203 Å². The average Bonchev–Trinajstić information content (AvgIpc) is 2.85. The molecule has 0 atom stereocenters. The van der Waals surface area contributed by atoms with Crippen LogP contribution in [0.1, 0.15) is 23.2 Å². The fourth-order valence-corrected chi connectivity index (χ4v) is 3.96. The van der Waals surface area contributed by atoms with Gasteiger partial charge in [-0.3, -0.25) is 9.59 Å². The second-order valence-corrected chi connectivity index (χ2v) is 8.48. The van der Waals surface area contributed by atoms with E-state index in [-0.39, 0.29) is 24.5 Å². The molecule has 0 spiro atoms. The first-order chi connectivity index (χ1) is 16.5. The Morgan fingerprint density at radius 2 is 1.76 bits per heavy atom. The predicted octanol–water partition coefficient (Wildman–Crippen LogP) is 3.91. The highest BCUT2D eigenvalue weighted by Crippen LogP contribution is 2.22. The van der Waals surface area contributed by atoms with E-state index in [2.05, 4.69) is 20.6 Å². The molecular weight excluding hydrogens is 454 g/mol. The zero-order valence-corrected chi connectivity index (χ0v) is 19.6. The number of nitrogens with zero attached hydrogens (tertiary/aromatic N) is 3. The molecule has 9 heteroatoms. The molecule has 2 aromatic carbocycles. The molecule has 0 saturated carbocycles. The van der Waals surface area contributed by atoms with Crippen molar-refractivity contribution in [2.45, 2.75) is 18.9 Å². The van der Waals surface area contributed by atoms with Gasteiger partial charge in [-0.1, -0.05) is 23.7 Å². The molecule has 176 valence electrons. The van der Waals surface area contributed by atoms with E-state index in [4.69, 9.17) is 16.3 Å². The Bertz CT molecular complexity index is 1130. The molecule has 1 aliphatic heterocycles. The van der Waals surface area contributed by atoms with Crippen LogP contribution in [-0.4, -0.2) is 59.5 Å². The van der Waals surface area contributed by atoms with Crippen molar-refractivity contribution in [2.75, 3.05) is 32.1 Å². The Hall–Kier alpha value is -3.49. The third-order valence-electron chi connectivity index (χ3n) is 5.61. The van der Waals surface area contributed by atoms with Crippen LogP contribution in [0.15, 0.2) is 60.8 Å². The summed E-state index contributed by atoms with van der Waals surface area (Å²) in [4.78, 5) is 35.2. The first-order valence-electron chi connectivity index (χ1n) is 11.1. The Balaban J connectivity index is 1.34. The minimum absolute atomic E-state index is 0.0193. The topological polar surface area (TPSA) is 96.5 Å². The molecular formula is C25H26ClN5O3. The molecule has 4 rings (SSSR count). The maximum atomic E-state index is 12.9. The number of ether oxygens (including phenoxy) is 1. The number of anilines is 2. The van der Waals surface area contributed by atoms with Crippen LogP contribution in [0.3, 0.4) is 0 Å². The summed E-state index contributed by atoms with van der Waals surface area (Å²) in [5, 5.41) is 6.79. The highest BCUT2D eigenvalue weighted by molar-refractivity contribution is 6.30. The first-order valence-corrected chi connectivity index (χ1v) is 11.4. The Morgan fingerprint density at radius 3 is 2.44 bits per heavy atom. The third-order valence-corrected chi connectivity index (χ3v) is 5.86. The first kappa shape index (κ1) is 23.7. The fraction of sp³-hybridized carbons (Fsp3) is 0.280. The normalized spacial score (nSPS) is 14.0. The molecule has 8 nitrogen and oxygen atoms in total. The number of aromatic nitrogens is 2. The number of halogens is 1. The maximum Gasteiger partial charge on any atom is 0.253 e. The van der Waals surface area contributed by atoms with Crippen LogP contribution in [0.2, 0.25) is 5.02 Å². The third kappa shape index (κ3) is 6.09. The summed E-state index contributed by atoms with van der Waals surface area (Å²) in [7, 11) is 1.49. The number of amides is 2. The van der Waals surface area contributed by atoms with Gasteiger partial charge >= 0.3 is 0 Å². The van der Waals surface area contributed by atoms with Crippen molar-refractivity contribution < 1.29 is 14.3 Å². The standard InChI is InChI=1S/C25H26ClN5O3/c1-34-16-23(32)28-21-11-14-31(15-12-21)24(33)18-4-8-20(9-5-18)29-25-27-13-10-22(30-25)17-2-6-19(26)7-3-17/h2-10,13,21H,11-12,14-16H2,1H3,(H,28,32)(H,27,29,30). The van der Waals surface area contributed by atoms with Gasteiger partial charge < -0.3 is 20.3 Å². The molecule has 3 aromatic rings. The minimum atomic E-state index is -0.127. The van der Waals surface area contributed by atoms with Crippen molar-refractivity contribution in [3.8, 4) is 11.3 Å². The monoisotopic (exact) mass is 479 g/mol. The fourth-order valence-electron chi connectivity index (χ4n) is 3.84. The minimum Gasteiger partial charge on any atom is -0.375 e. The van der Waals surface area contributed by atoms with Crippen LogP contribution in [0, 0.1) is 0 Å². The van der Waals surface area contributed by atoms with Crippen LogP contribution in [-0.2, 0) is 9.53 Å². The molecule has 2 N–H and O–H groups in total. The zero-order chi connectivity index (χ0) is 23.9. The summed E-state index contributed by atoms with van der Waals surface area (Å²) in [6, 6.07) is 16.6. The summed E-state index contributed by atoms with van der Waals surface area (Å²) >= 11 is 5.97. The van der Waals surface area contributed by atoms with Crippen LogP contribution in [0.25, 0.3) is 11.3 Å². The van der Waals surface area contributed by atoms with E-state index in [0.29, 0.717) is 29.6 Å². The number of methoxy groups -OCH3 is 1. The molecule has 0 radical (unpaired) electrons. The van der Waals surface area contributed by atoms with Crippen LogP contribution < -0.4 is 10.6 Å².